The zero-order valence-corrected chi connectivity index (χ0v) is 15.2. The summed E-state index contributed by atoms with van der Waals surface area (Å²) < 4.78 is 10.7. The molecule has 0 bridgehead atoms. The van der Waals surface area contributed by atoms with Gasteiger partial charge in [0.2, 0.25) is 5.91 Å². The van der Waals surface area contributed by atoms with Crippen molar-refractivity contribution >= 4 is 23.2 Å². The summed E-state index contributed by atoms with van der Waals surface area (Å²) in [6.07, 6.45) is 0.563. The van der Waals surface area contributed by atoms with Crippen LogP contribution in [0.4, 0.5) is 11.4 Å². The van der Waals surface area contributed by atoms with Crippen LogP contribution in [0.1, 0.15) is 26.7 Å². The molecule has 138 valence electrons. The Morgan fingerprint density at radius 1 is 1.00 bits per heavy atom. The van der Waals surface area contributed by atoms with Gasteiger partial charge < -0.3 is 20.1 Å². The van der Waals surface area contributed by atoms with Crippen molar-refractivity contribution < 1.29 is 19.1 Å². The minimum absolute atomic E-state index is 0.0489. The maximum atomic E-state index is 12.3. The molecule has 0 spiro atoms. The van der Waals surface area contributed by atoms with Crippen LogP contribution in [0, 0.1) is 0 Å². The van der Waals surface area contributed by atoms with Gasteiger partial charge in [-0.25, -0.2) is 0 Å². The molecule has 0 aliphatic heterocycles. The van der Waals surface area contributed by atoms with E-state index in [0.717, 1.165) is 12.2 Å². The van der Waals surface area contributed by atoms with Gasteiger partial charge in [-0.2, -0.15) is 0 Å². The second-order valence-corrected chi connectivity index (χ2v) is 5.80. The highest BCUT2D eigenvalue weighted by Gasteiger charge is 2.15. The number of carbonyl (C=O) groups is 2. The van der Waals surface area contributed by atoms with Crippen LogP contribution < -0.4 is 20.1 Å². The maximum Gasteiger partial charge on any atom is 0.265 e. The van der Waals surface area contributed by atoms with Gasteiger partial charge in [0.15, 0.2) is 6.10 Å². The van der Waals surface area contributed by atoms with Crippen LogP contribution in [-0.2, 0) is 9.59 Å². The smallest absolute Gasteiger partial charge is 0.265 e. The number of nitrogens with one attached hydrogen (secondary N) is 2. The van der Waals surface area contributed by atoms with Gasteiger partial charge in [-0.1, -0.05) is 13.0 Å². The first-order valence-electron chi connectivity index (χ1n) is 8.53. The number of benzene rings is 2. The Bertz CT molecular complexity index is 744. The van der Waals surface area contributed by atoms with Gasteiger partial charge in [0, 0.05) is 17.8 Å². The molecule has 26 heavy (non-hydrogen) atoms. The van der Waals surface area contributed by atoms with Crippen molar-refractivity contribution in [2.45, 2.75) is 32.8 Å². The molecular formula is C20H24N2O4. The number of ether oxygens (including phenoxy) is 2. The van der Waals surface area contributed by atoms with E-state index in [4.69, 9.17) is 9.47 Å². The van der Waals surface area contributed by atoms with E-state index in [2.05, 4.69) is 10.6 Å². The first-order chi connectivity index (χ1) is 12.5. The Hall–Kier alpha value is -3.02. The van der Waals surface area contributed by atoms with Gasteiger partial charge in [0.1, 0.15) is 11.5 Å². The standard InChI is InChI=1S/C20H24N2O4/c1-4-6-19(23)21-15-7-5-8-16(13-15)22-20(24)14(2)26-18-11-9-17(25-3)10-12-18/h5,7-14H,4,6H2,1-3H3,(H,21,23)(H,22,24)/t14-/m0/s1. The number of methoxy groups -OCH3 is 1. The third-order valence-corrected chi connectivity index (χ3v) is 3.63. The number of hydrogen-bond acceptors (Lipinski definition) is 4. The lowest BCUT2D eigenvalue weighted by Crippen LogP contribution is -2.30. The molecule has 2 amide bonds. The fraction of sp³-hybridized carbons (Fsp3) is 0.300. The largest absolute Gasteiger partial charge is 0.497 e. The molecule has 2 N–H and O–H groups in total. The summed E-state index contributed by atoms with van der Waals surface area (Å²) in [4.78, 5) is 24.0. The van der Waals surface area contributed by atoms with Crippen molar-refractivity contribution in [3.63, 3.8) is 0 Å². The monoisotopic (exact) mass is 356 g/mol. The zero-order valence-electron chi connectivity index (χ0n) is 15.2. The van der Waals surface area contributed by atoms with Gasteiger partial charge in [-0.3, -0.25) is 9.59 Å². The second-order valence-electron chi connectivity index (χ2n) is 5.80. The molecule has 0 saturated carbocycles. The average molecular weight is 356 g/mol. The second kappa shape index (κ2) is 9.46. The molecule has 0 unspecified atom stereocenters. The quantitative estimate of drug-likeness (QED) is 0.753. The van der Waals surface area contributed by atoms with Crippen LogP contribution in [0.25, 0.3) is 0 Å². The third-order valence-electron chi connectivity index (χ3n) is 3.63. The highest BCUT2D eigenvalue weighted by atomic mass is 16.5. The summed E-state index contributed by atoms with van der Waals surface area (Å²) in [5.74, 6) is 0.968. The lowest BCUT2D eigenvalue weighted by Gasteiger charge is -2.15. The number of carbonyl (C=O) groups excluding carboxylic acids is 2. The van der Waals surface area contributed by atoms with Crippen molar-refractivity contribution in [2.24, 2.45) is 0 Å². The van der Waals surface area contributed by atoms with E-state index < -0.39 is 6.10 Å². The Balaban J connectivity index is 1.94. The fourth-order valence-corrected chi connectivity index (χ4v) is 2.28. The molecule has 0 aliphatic carbocycles. The van der Waals surface area contributed by atoms with E-state index in [9.17, 15) is 9.59 Å². The van der Waals surface area contributed by atoms with E-state index in [1.54, 1.807) is 62.6 Å². The molecule has 1 atom stereocenters. The van der Waals surface area contributed by atoms with Crippen molar-refractivity contribution in [3.05, 3.63) is 48.5 Å². The molecule has 2 aromatic carbocycles. The Morgan fingerprint density at radius 2 is 1.62 bits per heavy atom. The minimum Gasteiger partial charge on any atom is -0.497 e. The van der Waals surface area contributed by atoms with Crippen molar-refractivity contribution in [1.82, 2.24) is 0 Å². The van der Waals surface area contributed by atoms with Crippen LogP contribution >= 0.6 is 0 Å². The molecule has 0 heterocycles. The zero-order chi connectivity index (χ0) is 18.9. The number of anilines is 2. The normalized spacial score (nSPS) is 11.3. The van der Waals surface area contributed by atoms with E-state index in [-0.39, 0.29) is 11.8 Å². The predicted molar refractivity (Wildman–Crippen MR) is 102 cm³/mol. The Morgan fingerprint density at radius 3 is 2.23 bits per heavy atom. The molecule has 2 rings (SSSR count). The summed E-state index contributed by atoms with van der Waals surface area (Å²) in [5, 5.41) is 5.59. The molecule has 0 saturated heterocycles. The molecule has 6 nitrogen and oxygen atoms in total. The van der Waals surface area contributed by atoms with Crippen LogP contribution in [0.2, 0.25) is 0 Å². The summed E-state index contributed by atoms with van der Waals surface area (Å²) in [7, 11) is 1.59. The van der Waals surface area contributed by atoms with Crippen molar-refractivity contribution in [2.75, 3.05) is 17.7 Å². The van der Waals surface area contributed by atoms with E-state index in [1.165, 1.54) is 0 Å². The maximum absolute atomic E-state index is 12.3. The first-order valence-corrected chi connectivity index (χ1v) is 8.53. The SMILES string of the molecule is CCCC(=O)Nc1cccc(NC(=O)[C@H](C)Oc2ccc(OC)cc2)c1. The van der Waals surface area contributed by atoms with Gasteiger partial charge in [-0.15, -0.1) is 0 Å². The average Bonchev–Trinajstić information content (AvgIpc) is 2.62. The molecular weight excluding hydrogens is 332 g/mol. The minimum atomic E-state index is -0.679. The van der Waals surface area contributed by atoms with Gasteiger partial charge >= 0.3 is 0 Å². The molecule has 0 radical (unpaired) electrons. The van der Waals surface area contributed by atoms with Crippen LogP contribution in [0.15, 0.2) is 48.5 Å². The lowest BCUT2D eigenvalue weighted by molar-refractivity contribution is -0.122. The molecule has 0 fully saturated rings. The summed E-state index contributed by atoms with van der Waals surface area (Å²) in [6, 6.07) is 14.0. The van der Waals surface area contributed by atoms with E-state index in [0.29, 0.717) is 23.5 Å². The van der Waals surface area contributed by atoms with E-state index in [1.807, 2.05) is 6.92 Å². The van der Waals surface area contributed by atoms with Crippen molar-refractivity contribution in [1.29, 1.82) is 0 Å². The van der Waals surface area contributed by atoms with Gasteiger partial charge in [0.05, 0.1) is 7.11 Å². The van der Waals surface area contributed by atoms with Gasteiger partial charge in [0.25, 0.3) is 5.91 Å². The number of hydrogen-bond donors (Lipinski definition) is 2. The molecule has 0 aromatic heterocycles. The third kappa shape index (κ3) is 5.81. The highest BCUT2D eigenvalue weighted by Crippen LogP contribution is 2.19. The van der Waals surface area contributed by atoms with Gasteiger partial charge in [-0.05, 0) is 55.8 Å². The topological polar surface area (TPSA) is 76.7 Å². The molecule has 6 heteroatoms. The number of amides is 2. The summed E-state index contributed by atoms with van der Waals surface area (Å²) in [5.41, 5.74) is 1.24. The fourth-order valence-electron chi connectivity index (χ4n) is 2.28. The van der Waals surface area contributed by atoms with Crippen LogP contribution in [0.3, 0.4) is 0 Å². The number of rotatable bonds is 8. The van der Waals surface area contributed by atoms with E-state index >= 15 is 0 Å². The highest BCUT2D eigenvalue weighted by molar-refractivity contribution is 5.96. The van der Waals surface area contributed by atoms with Crippen LogP contribution in [0.5, 0.6) is 11.5 Å². The van der Waals surface area contributed by atoms with Crippen LogP contribution in [-0.4, -0.2) is 25.0 Å². The molecule has 0 aliphatic rings. The lowest BCUT2D eigenvalue weighted by atomic mass is 10.2. The summed E-state index contributed by atoms with van der Waals surface area (Å²) in [6.45, 7) is 3.62. The molecule has 2 aromatic rings. The predicted octanol–water partition coefficient (Wildman–Crippen LogP) is 3.84. The first kappa shape index (κ1) is 19.3. The Labute approximate surface area is 153 Å². The van der Waals surface area contributed by atoms with Crippen molar-refractivity contribution in [3.8, 4) is 11.5 Å². The Kier molecular flexibility index (Phi) is 7.02. The summed E-state index contributed by atoms with van der Waals surface area (Å²) >= 11 is 0.